The quantitative estimate of drug-likeness (QED) is 0.754. The third-order valence-electron chi connectivity index (χ3n) is 4.08. The molecule has 6 heteroatoms. The first-order valence-corrected chi connectivity index (χ1v) is 9.17. The Kier molecular flexibility index (Phi) is 5.71. The van der Waals surface area contributed by atoms with Crippen molar-refractivity contribution in [3.8, 4) is 0 Å². The van der Waals surface area contributed by atoms with Crippen molar-refractivity contribution in [3.63, 3.8) is 0 Å². The predicted molar refractivity (Wildman–Crippen MR) is 110 cm³/mol. The molecule has 1 aliphatic heterocycles. The van der Waals surface area contributed by atoms with Gasteiger partial charge in [0.05, 0.1) is 0 Å². The maximum Gasteiger partial charge on any atom is 0.175 e. The van der Waals surface area contributed by atoms with Crippen molar-refractivity contribution in [3.05, 3.63) is 53.0 Å². The van der Waals surface area contributed by atoms with Gasteiger partial charge in [0.15, 0.2) is 5.11 Å². The van der Waals surface area contributed by atoms with Crippen molar-refractivity contribution in [2.45, 2.75) is 0 Å². The molecule has 0 atom stereocenters. The van der Waals surface area contributed by atoms with E-state index in [-0.39, 0.29) is 0 Å². The minimum atomic E-state index is 0.584. The van der Waals surface area contributed by atoms with Crippen molar-refractivity contribution in [1.82, 2.24) is 4.90 Å². The molecule has 2 aromatic carbocycles. The first kappa shape index (κ1) is 17.2. The lowest BCUT2D eigenvalue weighted by atomic mass is 10.2. The van der Waals surface area contributed by atoms with Crippen LogP contribution in [0.4, 0.5) is 17.1 Å². The first-order valence-electron chi connectivity index (χ1n) is 7.97. The van der Waals surface area contributed by atoms with Crippen molar-refractivity contribution in [2.75, 3.05) is 48.8 Å². The Morgan fingerprint density at radius 3 is 2.29 bits per heavy atom. The van der Waals surface area contributed by atoms with Crippen LogP contribution in [0.1, 0.15) is 0 Å². The fourth-order valence-corrected chi connectivity index (χ4v) is 3.31. The van der Waals surface area contributed by atoms with E-state index in [9.17, 15) is 0 Å². The number of nitrogens with zero attached hydrogens (tertiary/aromatic N) is 2. The number of benzene rings is 2. The second kappa shape index (κ2) is 7.96. The van der Waals surface area contributed by atoms with E-state index in [1.165, 1.54) is 5.69 Å². The number of nitrogens with one attached hydrogen (secondary N) is 2. The molecule has 0 radical (unpaired) electrons. The summed E-state index contributed by atoms with van der Waals surface area (Å²) in [5.74, 6) is 0. The van der Waals surface area contributed by atoms with Crippen molar-refractivity contribution in [2.24, 2.45) is 0 Å². The summed E-state index contributed by atoms with van der Waals surface area (Å²) in [4.78, 5) is 4.78. The van der Waals surface area contributed by atoms with E-state index < -0.39 is 0 Å². The monoisotopic (exact) mass is 404 g/mol. The fraction of sp³-hybridized carbons (Fsp3) is 0.278. The summed E-state index contributed by atoms with van der Waals surface area (Å²) in [5.41, 5.74) is 3.20. The molecule has 2 N–H and O–H groups in total. The predicted octanol–water partition coefficient (Wildman–Crippen LogP) is 4.01. The summed E-state index contributed by atoms with van der Waals surface area (Å²) in [6.07, 6.45) is 0. The molecule has 0 amide bonds. The molecule has 1 saturated heterocycles. The summed E-state index contributed by atoms with van der Waals surface area (Å²) in [7, 11) is 2.17. The molecule has 1 fully saturated rings. The smallest absolute Gasteiger partial charge is 0.175 e. The largest absolute Gasteiger partial charge is 0.369 e. The van der Waals surface area contributed by atoms with Crippen LogP contribution >= 0.6 is 28.1 Å². The number of hydrogen-bond donors (Lipinski definition) is 2. The molecular formula is C18H21BrN4S. The third kappa shape index (κ3) is 4.69. The fourth-order valence-electron chi connectivity index (χ4n) is 2.68. The Morgan fingerprint density at radius 2 is 1.62 bits per heavy atom. The van der Waals surface area contributed by atoms with Gasteiger partial charge in [0, 0.05) is 47.7 Å². The highest BCUT2D eigenvalue weighted by atomic mass is 79.9. The zero-order chi connectivity index (χ0) is 16.9. The van der Waals surface area contributed by atoms with Gasteiger partial charge in [0.1, 0.15) is 0 Å². The van der Waals surface area contributed by atoms with E-state index >= 15 is 0 Å². The van der Waals surface area contributed by atoms with Gasteiger partial charge in [-0.3, -0.25) is 0 Å². The van der Waals surface area contributed by atoms with E-state index in [0.29, 0.717) is 5.11 Å². The van der Waals surface area contributed by atoms with E-state index in [1.807, 2.05) is 24.3 Å². The molecule has 0 aromatic heterocycles. The van der Waals surface area contributed by atoms with Gasteiger partial charge in [0.25, 0.3) is 0 Å². The molecule has 1 heterocycles. The molecular weight excluding hydrogens is 384 g/mol. The molecule has 0 aliphatic carbocycles. The first-order chi connectivity index (χ1) is 11.6. The minimum absolute atomic E-state index is 0.584. The van der Waals surface area contributed by atoms with Gasteiger partial charge in [0.2, 0.25) is 0 Å². The highest BCUT2D eigenvalue weighted by Crippen LogP contribution is 2.20. The van der Waals surface area contributed by atoms with Gasteiger partial charge < -0.3 is 20.4 Å². The molecule has 24 heavy (non-hydrogen) atoms. The number of halogens is 1. The van der Waals surface area contributed by atoms with Gasteiger partial charge in [-0.05, 0) is 61.7 Å². The van der Waals surface area contributed by atoms with Crippen LogP contribution in [0, 0.1) is 0 Å². The Bertz CT molecular complexity index is 696. The lowest BCUT2D eigenvalue weighted by molar-refractivity contribution is 0.313. The molecule has 0 spiro atoms. The van der Waals surface area contributed by atoms with Crippen molar-refractivity contribution >= 4 is 50.3 Å². The van der Waals surface area contributed by atoms with E-state index in [1.54, 1.807) is 0 Å². The van der Waals surface area contributed by atoms with Crippen LogP contribution in [-0.4, -0.2) is 43.2 Å². The lowest BCUT2D eigenvalue weighted by Gasteiger charge is -2.34. The molecule has 0 unspecified atom stereocenters. The molecule has 4 nitrogen and oxygen atoms in total. The molecule has 1 aliphatic rings. The van der Waals surface area contributed by atoms with Crippen LogP contribution in [-0.2, 0) is 0 Å². The van der Waals surface area contributed by atoms with E-state index in [4.69, 9.17) is 12.2 Å². The lowest BCUT2D eigenvalue weighted by Crippen LogP contribution is -2.44. The third-order valence-corrected chi connectivity index (χ3v) is 4.77. The average Bonchev–Trinajstić information content (AvgIpc) is 2.56. The Balaban J connectivity index is 1.56. The molecule has 126 valence electrons. The second-order valence-corrected chi connectivity index (χ2v) is 7.25. The number of thiocarbonyl (C=S) groups is 1. The maximum absolute atomic E-state index is 5.38. The topological polar surface area (TPSA) is 30.5 Å². The molecule has 0 saturated carbocycles. The molecule has 2 aromatic rings. The summed E-state index contributed by atoms with van der Waals surface area (Å²) < 4.78 is 1.02. The van der Waals surface area contributed by atoms with Crippen LogP contribution in [0.5, 0.6) is 0 Å². The minimum Gasteiger partial charge on any atom is -0.369 e. The average molecular weight is 405 g/mol. The number of anilines is 3. The van der Waals surface area contributed by atoms with Crippen molar-refractivity contribution < 1.29 is 0 Å². The van der Waals surface area contributed by atoms with Gasteiger partial charge in [-0.1, -0.05) is 22.0 Å². The highest BCUT2D eigenvalue weighted by Gasteiger charge is 2.13. The van der Waals surface area contributed by atoms with Gasteiger partial charge in [-0.15, -0.1) is 0 Å². The van der Waals surface area contributed by atoms with Crippen LogP contribution in [0.3, 0.4) is 0 Å². The highest BCUT2D eigenvalue weighted by molar-refractivity contribution is 9.10. The van der Waals surface area contributed by atoms with Crippen LogP contribution in [0.2, 0.25) is 0 Å². The summed E-state index contributed by atoms with van der Waals surface area (Å²) in [6, 6.07) is 16.4. The molecule has 0 bridgehead atoms. The van der Waals surface area contributed by atoms with Crippen LogP contribution in [0.25, 0.3) is 0 Å². The van der Waals surface area contributed by atoms with Crippen LogP contribution in [0.15, 0.2) is 53.0 Å². The van der Waals surface area contributed by atoms with Crippen LogP contribution < -0.4 is 15.5 Å². The SMILES string of the molecule is CN1CCN(c2ccc(NC(=S)Nc3cccc(Br)c3)cc2)CC1. The zero-order valence-electron chi connectivity index (χ0n) is 13.6. The Morgan fingerprint density at radius 1 is 0.958 bits per heavy atom. The van der Waals surface area contributed by atoms with E-state index in [0.717, 1.165) is 42.0 Å². The van der Waals surface area contributed by atoms with Gasteiger partial charge in [-0.25, -0.2) is 0 Å². The summed E-state index contributed by atoms with van der Waals surface area (Å²) in [6.45, 7) is 4.37. The Hall–Kier alpha value is -1.63. The maximum atomic E-state index is 5.38. The Labute approximate surface area is 157 Å². The zero-order valence-corrected chi connectivity index (χ0v) is 16.0. The van der Waals surface area contributed by atoms with E-state index in [2.05, 4.69) is 67.7 Å². The van der Waals surface area contributed by atoms with Gasteiger partial charge >= 0.3 is 0 Å². The number of rotatable bonds is 3. The molecule has 3 rings (SSSR count). The second-order valence-electron chi connectivity index (χ2n) is 5.93. The van der Waals surface area contributed by atoms with Gasteiger partial charge in [-0.2, -0.15) is 0 Å². The number of likely N-dealkylation sites (N-methyl/N-ethyl adjacent to an activating group) is 1. The number of hydrogen-bond acceptors (Lipinski definition) is 3. The summed E-state index contributed by atoms with van der Waals surface area (Å²) >= 11 is 8.84. The van der Waals surface area contributed by atoms with Crippen molar-refractivity contribution in [1.29, 1.82) is 0 Å². The normalized spacial score (nSPS) is 15.2. The standard InChI is InChI=1S/C18H21BrN4S/c1-22-9-11-23(12-10-22)17-7-5-15(6-8-17)20-18(24)21-16-4-2-3-14(19)13-16/h2-8,13H,9-12H2,1H3,(H2,20,21,24). The summed E-state index contributed by atoms with van der Waals surface area (Å²) in [5, 5.41) is 7.00. The number of piperazine rings is 1.